The first kappa shape index (κ1) is 14.5. The van der Waals surface area contributed by atoms with Gasteiger partial charge in [-0.3, -0.25) is 9.59 Å². The van der Waals surface area contributed by atoms with E-state index in [1.54, 1.807) is 6.07 Å². The van der Waals surface area contributed by atoms with Crippen LogP contribution >= 0.6 is 11.6 Å². The Morgan fingerprint density at radius 2 is 1.91 bits per heavy atom. The molecule has 4 atom stereocenters. The van der Waals surface area contributed by atoms with Gasteiger partial charge in [0.1, 0.15) is 0 Å². The van der Waals surface area contributed by atoms with Gasteiger partial charge in [-0.1, -0.05) is 35.9 Å². The lowest BCUT2D eigenvalue weighted by Crippen LogP contribution is -2.36. The van der Waals surface area contributed by atoms with Gasteiger partial charge in [0.2, 0.25) is 0 Å². The minimum atomic E-state index is -0.748. The van der Waals surface area contributed by atoms with Crippen molar-refractivity contribution in [2.75, 3.05) is 0 Å². The molecule has 2 saturated carbocycles. The van der Waals surface area contributed by atoms with E-state index >= 15 is 0 Å². The molecule has 5 heteroatoms. The summed E-state index contributed by atoms with van der Waals surface area (Å²) in [4.78, 5) is 23.9. The van der Waals surface area contributed by atoms with Crippen LogP contribution in [0.25, 0.3) is 10.8 Å². The summed E-state index contributed by atoms with van der Waals surface area (Å²) in [6, 6.07) is 11.1. The summed E-state index contributed by atoms with van der Waals surface area (Å²) in [5.74, 6) is -0.700. The van der Waals surface area contributed by atoms with Crippen molar-refractivity contribution in [1.29, 1.82) is 0 Å². The number of hydrogen-bond donors (Lipinski definition) is 2. The molecule has 0 radical (unpaired) electrons. The van der Waals surface area contributed by atoms with Crippen LogP contribution in [0.1, 0.15) is 23.2 Å². The summed E-state index contributed by atoms with van der Waals surface area (Å²) < 4.78 is 0. The Morgan fingerprint density at radius 1 is 1.13 bits per heavy atom. The van der Waals surface area contributed by atoms with Gasteiger partial charge in [-0.25, -0.2) is 0 Å². The fourth-order valence-corrected chi connectivity index (χ4v) is 4.17. The maximum atomic E-state index is 12.7. The zero-order chi connectivity index (χ0) is 16.1. The van der Waals surface area contributed by atoms with E-state index < -0.39 is 5.97 Å². The molecule has 0 spiro atoms. The SMILES string of the molecule is O=C(N[C@H]1C[C@@H](C(=O)O)[C@@H]2C[C@@H]21)c1cc(Cl)cc2ccccc12. The highest BCUT2D eigenvalue weighted by atomic mass is 35.5. The van der Waals surface area contributed by atoms with Gasteiger partial charge < -0.3 is 10.4 Å². The van der Waals surface area contributed by atoms with E-state index in [0.717, 1.165) is 17.2 Å². The van der Waals surface area contributed by atoms with Gasteiger partial charge in [-0.05, 0) is 47.6 Å². The number of rotatable bonds is 3. The molecule has 4 nitrogen and oxygen atoms in total. The van der Waals surface area contributed by atoms with Crippen molar-refractivity contribution in [2.45, 2.75) is 18.9 Å². The Kier molecular flexibility index (Phi) is 3.31. The Labute approximate surface area is 138 Å². The van der Waals surface area contributed by atoms with Gasteiger partial charge in [-0.2, -0.15) is 0 Å². The molecule has 2 aliphatic carbocycles. The molecule has 2 fully saturated rings. The van der Waals surface area contributed by atoms with Crippen molar-refractivity contribution >= 4 is 34.2 Å². The van der Waals surface area contributed by atoms with E-state index in [1.165, 1.54) is 0 Å². The second-order valence-corrected chi connectivity index (χ2v) is 6.93. The zero-order valence-electron chi connectivity index (χ0n) is 12.3. The predicted octanol–water partition coefficient (Wildman–Crippen LogP) is 3.33. The first-order valence-electron chi connectivity index (χ1n) is 7.76. The average Bonchev–Trinajstić information content (AvgIpc) is 3.23. The Bertz CT molecular complexity index is 819. The van der Waals surface area contributed by atoms with Crippen molar-refractivity contribution in [2.24, 2.45) is 17.8 Å². The number of aliphatic carboxylic acids is 1. The number of nitrogens with one attached hydrogen (secondary N) is 1. The lowest BCUT2D eigenvalue weighted by atomic mass is 10.0. The van der Waals surface area contributed by atoms with Gasteiger partial charge in [-0.15, -0.1) is 0 Å². The number of carboxylic acid groups (broad SMARTS) is 1. The van der Waals surface area contributed by atoms with Crippen LogP contribution in [0.5, 0.6) is 0 Å². The lowest BCUT2D eigenvalue weighted by molar-refractivity contribution is -0.142. The van der Waals surface area contributed by atoms with Crippen LogP contribution in [0.2, 0.25) is 5.02 Å². The molecule has 0 aromatic heterocycles. The van der Waals surface area contributed by atoms with Crippen molar-refractivity contribution in [3.05, 3.63) is 47.0 Å². The summed E-state index contributed by atoms with van der Waals surface area (Å²) >= 11 is 6.13. The standard InChI is InChI=1S/C18H16ClNO3/c19-10-5-9-3-1-2-4-11(9)14(6-10)17(21)20-16-8-15(18(22)23)12-7-13(12)16/h1-6,12-13,15-16H,7-8H2,(H,20,21)(H,22,23)/t12-,13+,15-,16+/m1/s1. The van der Waals surface area contributed by atoms with Crippen LogP contribution in [0.3, 0.4) is 0 Å². The molecule has 2 aromatic carbocycles. The number of amides is 1. The third-order valence-corrected chi connectivity index (χ3v) is 5.36. The van der Waals surface area contributed by atoms with E-state index in [9.17, 15) is 14.7 Å². The highest BCUT2D eigenvalue weighted by Crippen LogP contribution is 2.55. The van der Waals surface area contributed by atoms with E-state index in [4.69, 9.17) is 11.6 Å². The lowest BCUT2D eigenvalue weighted by Gasteiger charge is -2.17. The van der Waals surface area contributed by atoms with E-state index in [1.807, 2.05) is 30.3 Å². The molecule has 2 N–H and O–H groups in total. The topological polar surface area (TPSA) is 66.4 Å². The first-order chi connectivity index (χ1) is 11.0. The Morgan fingerprint density at radius 3 is 2.65 bits per heavy atom. The molecular formula is C18H16ClNO3. The molecule has 0 heterocycles. The molecular weight excluding hydrogens is 314 g/mol. The maximum absolute atomic E-state index is 12.7. The van der Waals surface area contributed by atoms with Gasteiger partial charge >= 0.3 is 5.97 Å². The molecule has 2 aliphatic rings. The summed E-state index contributed by atoms with van der Waals surface area (Å²) in [7, 11) is 0. The van der Waals surface area contributed by atoms with Crippen molar-refractivity contribution in [3.63, 3.8) is 0 Å². The minimum Gasteiger partial charge on any atom is -0.481 e. The molecule has 23 heavy (non-hydrogen) atoms. The minimum absolute atomic E-state index is 0.0497. The second kappa shape index (κ2) is 5.24. The third-order valence-electron chi connectivity index (χ3n) is 5.14. The van der Waals surface area contributed by atoms with Crippen LogP contribution in [0, 0.1) is 17.8 Å². The molecule has 0 aliphatic heterocycles. The number of carbonyl (C=O) groups is 2. The predicted molar refractivity (Wildman–Crippen MR) is 87.6 cm³/mol. The number of hydrogen-bond acceptors (Lipinski definition) is 2. The van der Waals surface area contributed by atoms with Gasteiger partial charge in [0, 0.05) is 16.6 Å². The maximum Gasteiger partial charge on any atom is 0.306 e. The fraction of sp³-hybridized carbons (Fsp3) is 0.333. The number of benzene rings is 2. The van der Waals surface area contributed by atoms with Crippen molar-refractivity contribution < 1.29 is 14.7 Å². The summed E-state index contributed by atoms with van der Waals surface area (Å²) in [5, 5.41) is 14.6. The van der Waals surface area contributed by atoms with Gasteiger partial charge in [0.05, 0.1) is 5.92 Å². The molecule has 2 aromatic rings. The van der Waals surface area contributed by atoms with Crippen LogP contribution < -0.4 is 5.32 Å². The van der Waals surface area contributed by atoms with Gasteiger partial charge in [0.15, 0.2) is 0 Å². The smallest absolute Gasteiger partial charge is 0.306 e. The fourth-order valence-electron chi connectivity index (χ4n) is 3.94. The molecule has 4 rings (SSSR count). The number of carboxylic acids is 1. The first-order valence-corrected chi connectivity index (χ1v) is 8.14. The molecule has 0 saturated heterocycles. The molecule has 1 amide bonds. The van der Waals surface area contributed by atoms with Crippen LogP contribution in [0.15, 0.2) is 36.4 Å². The molecule has 118 valence electrons. The van der Waals surface area contributed by atoms with Gasteiger partial charge in [0.25, 0.3) is 5.91 Å². The normalized spacial score (nSPS) is 28.4. The Hall–Kier alpha value is -2.07. The van der Waals surface area contributed by atoms with Crippen LogP contribution in [-0.4, -0.2) is 23.0 Å². The van der Waals surface area contributed by atoms with E-state index in [-0.39, 0.29) is 23.8 Å². The number of halogens is 1. The monoisotopic (exact) mass is 329 g/mol. The highest BCUT2D eigenvalue weighted by Gasteiger charge is 2.57. The quantitative estimate of drug-likeness (QED) is 0.907. The van der Waals surface area contributed by atoms with E-state index in [2.05, 4.69) is 5.32 Å². The van der Waals surface area contributed by atoms with Crippen LogP contribution in [-0.2, 0) is 4.79 Å². The summed E-state index contributed by atoms with van der Waals surface area (Å²) in [6.45, 7) is 0. The summed E-state index contributed by atoms with van der Waals surface area (Å²) in [5.41, 5.74) is 0.545. The van der Waals surface area contributed by atoms with Crippen molar-refractivity contribution in [3.8, 4) is 0 Å². The average molecular weight is 330 g/mol. The highest BCUT2D eigenvalue weighted by molar-refractivity contribution is 6.32. The second-order valence-electron chi connectivity index (χ2n) is 6.50. The van der Waals surface area contributed by atoms with Crippen molar-refractivity contribution in [1.82, 2.24) is 5.32 Å². The zero-order valence-corrected chi connectivity index (χ0v) is 13.1. The Balaban J connectivity index is 1.60. The largest absolute Gasteiger partial charge is 0.481 e. The van der Waals surface area contributed by atoms with E-state index in [0.29, 0.717) is 22.9 Å². The number of fused-ring (bicyclic) bond motifs is 2. The molecule has 0 bridgehead atoms. The molecule has 0 unspecified atom stereocenters. The number of carbonyl (C=O) groups excluding carboxylic acids is 1. The summed E-state index contributed by atoms with van der Waals surface area (Å²) in [6.07, 6.45) is 1.42. The van der Waals surface area contributed by atoms with Crippen LogP contribution in [0.4, 0.5) is 0 Å². The third kappa shape index (κ3) is 2.47.